The van der Waals surface area contributed by atoms with E-state index in [1.165, 1.54) is 4.90 Å². The molecule has 5 nitrogen and oxygen atoms in total. The van der Waals surface area contributed by atoms with Crippen molar-refractivity contribution in [2.24, 2.45) is 5.92 Å². The van der Waals surface area contributed by atoms with E-state index >= 15 is 0 Å². The van der Waals surface area contributed by atoms with Crippen LogP contribution in [0.15, 0.2) is 0 Å². The number of nitrogens with zero attached hydrogens (tertiary/aromatic N) is 1. The highest BCUT2D eigenvalue weighted by Crippen LogP contribution is 2.21. The van der Waals surface area contributed by atoms with Crippen molar-refractivity contribution in [2.75, 3.05) is 24.6 Å². The van der Waals surface area contributed by atoms with Crippen LogP contribution >= 0.6 is 0 Å². The topological polar surface area (TPSA) is 71.5 Å². The average molecular weight is 231 g/mol. The Bertz CT molecular complexity index is 400. The Morgan fingerprint density at radius 3 is 2.53 bits per heavy atom. The molecule has 2 fully saturated rings. The maximum Gasteiger partial charge on any atom is 0.230 e. The normalized spacial score (nSPS) is 30.1. The molecule has 1 unspecified atom stereocenters. The molecule has 1 atom stereocenters. The molecule has 2 heterocycles. The first kappa shape index (κ1) is 10.6. The second-order valence-electron chi connectivity index (χ2n) is 4.26. The minimum Gasteiger partial charge on any atom is -0.335 e. The highest BCUT2D eigenvalue weighted by molar-refractivity contribution is 7.91. The molecule has 1 amide bonds. The molecule has 2 saturated heterocycles. The molecule has 2 aliphatic rings. The van der Waals surface area contributed by atoms with Gasteiger partial charge in [0.15, 0.2) is 15.6 Å². The van der Waals surface area contributed by atoms with Crippen LogP contribution in [0.1, 0.15) is 12.8 Å². The van der Waals surface area contributed by atoms with Gasteiger partial charge in [-0.2, -0.15) is 0 Å². The molecule has 2 rings (SSSR count). The lowest BCUT2D eigenvalue weighted by molar-refractivity contribution is -0.128. The Kier molecular flexibility index (Phi) is 2.54. The number of amides is 1. The third-order valence-corrected chi connectivity index (χ3v) is 4.71. The molecule has 0 aromatic carbocycles. The van der Waals surface area contributed by atoms with E-state index in [0.29, 0.717) is 13.0 Å². The summed E-state index contributed by atoms with van der Waals surface area (Å²) in [5.41, 5.74) is 0. The van der Waals surface area contributed by atoms with E-state index in [2.05, 4.69) is 0 Å². The molecule has 0 saturated carbocycles. The zero-order valence-corrected chi connectivity index (χ0v) is 9.12. The fourth-order valence-electron chi connectivity index (χ4n) is 2.13. The number of carbonyl (C=O) groups is 2. The maximum absolute atomic E-state index is 11.3. The highest BCUT2D eigenvalue weighted by atomic mass is 32.2. The van der Waals surface area contributed by atoms with Gasteiger partial charge < -0.3 is 4.90 Å². The van der Waals surface area contributed by atoms with Gasteiger partial charge in [-0.1, -0.05) is 0 Å². The summed E-state index contributed by atoms with van der Waals surface area (Å²) in [7, 11) is -2.89. The molecule has 0 aromatic rings. The summed E-state index contributed by atoms with van der Waals surface area (Å²) in [5.74, 6) is 0.161. The second kappa shape index (κ2) is 3.59. The number of ketones is 1. The van der Waals surface area contributed by atoms with Crippen molar-refractivity contribution in [3.8, 4) is 0 Å². The molecule has 0 spiro atoms. The van der Waals surface area contributed by atoms with Gasteiger partial charge in [0.1, 0.15) is 0 Å². The number of carbonyl (C=O) groups excluding carboxylic acids is 2. The number of sulfone groups is 1. The molecule has 0 N–H and O–H groups in total. The van der Waals surface area contributed by atoms with E-state index < -0.39 is 9.84 Å². The summed E-state index contributed by atoms with van der Waals surface area (Å²) in [4.78, 5) is 23.8. The van der Waals surface area contributed by atoms with Crippen LogP contribution in [-0.2, 0) is 19.4 Å². The predicted octanol–water partition coefficient (Wildman–Crippen LogP) is -0.777. The van der Waals surface area contributed by atoms with Crippen molar-refractivity contribution in [1.29, 1.82) is 0 Å². The van der Waals surface area contributed by atoms with Crippen molar-refractivity contribution in [2.45, 2.75) is 12.8 Å². The van der Waals surface area contributed by atoms with E-state index in [1.807, 2.05) is 0 Å². The maximum atomic E-state index is 11.3. The van der Waals surface area contributed by atoms with E-state index in [9.17, 15) is 18.0 Å². The molecular formula is C9H13NO4S. The first-order valence-corrected chi connectivity index (χ1v) is 6.78. The summed E-state index contributed by atoms with van der Waals surface area (Å²) >= 11 is 0. The van der Waals surface area contributed by atoms with E-state index in [4.69, 9.17) is 0 Å². The van der Waals surface area contributed by atoms with Crippen LogP contribution in [0.3, 0.4) is 0 Å². The Hall–Kier alpha value is -0.910. The molecule has 15 heavy (non-hydrogen) atoms. The fraction of sp³-hybridized carbons (Fsp3) is 0.778. The monoisotopic (exact) mass is 231 g/mol. The van der Waals surface area contributed by atoms with Crippen molar-refractivity contribution in [3.05, 3.63) is 0 Å². The van der Waals surface area contributed by atoms with Crippen LogP contribution in [-0.4, -0.2) is 49.6 Å². The predicted molar refractivity (Wildman–Crippen MR) is 53.0 cm³/mol. The van der Waals surface area contributed by atoms with Gasteiger partial charge in [0.25, 0.3) is 0 Å². The number of Topliss-reactive ketones (excluding diaryl/α,β-unsaturated/α-hetero) is 1. The van der Waals surface area contributed by atoms with Gasteiger partial charge in [-0.25, -0.2) is 8.42 Å². The molecule has 84 valence electrons. The number of hydrogen-bond donors (Lipinski definition) is 0. The van der Waals surface area contributed by atoms with Gasteiger partial charge in [0.2, 0.25) is 5.91 Å². The summed E-state index contributed by atoms with van der Waals surface area (Å²) in [6.45, 7) is 0.583. The van der Waals surface area contributed by atoms with Crippen LogP contribution in [0.2, 0.25) is 0 Å². The highest BCUT2D eigenvalue weighted by Gasteiger charge is 2.34. The Morgan fingerprint density at radius 2 is 2.07 bits per heavy atom. The summed E-state index contributed by atoms with van der Waals surface area (Å²) in [6, 6.07) is 0. The van der Waals surface area contributed by atoms with Gasteiger partial charge in [-0.15, -0.1) is 0 Å². The second-order valence-corrected chi connectivity index (χ2v) is 6.49. The van der Waals surface area contributed by atoms with Crippen molar-refractivity contribution in [3.63, 3.8) is 0 Å². The smallest absolute Gasteiger partial charge is 0.230 e. The lowest BCUT2D eigenvalue weighted by Gasteiger charge is -2.18. The van der Waals surface area contributed by atoms with Gasteiger partial charge in [-0.3, -0.25) is 9.59 Å². The lowest BCUT2D eigenvalue weighted by Crippen LogP contribution is -2.31. The fourth-order valence-corrected chi connectivity index (χ4v) is 3.98. The van der Waals surface area contributed by atoms with Crippen molar-refractivity contribution < 1.29 is 18.0 Å². The van der Waals surface area contributed by atoms with Crippen LogP contribution < -0.4 is 0 Å². The number of rotatable bonds is 2. The van der Waals surface area contributed by atoms with Crippen molar-refractivity contribution >= 4 is 21.5 Å². The Morgan fingerprint density at radius 1 is 1.33 bits per heavy atom. The van der Waals surface area contributed by atoms with Crippen LogP contribution in [0.25, 0.3) is 0 Å². The van der Waals surface area contributed by atoms with Crippen LogP contribution in [0, 0.1) is 5.92 Å². The SMILES string of the molecule is O=C1CC(=O)N(CC2CCS(=O)(=O)C2)C1. The van der Waals surface area contributed by atoms with Crippen LogP contribution in [0.4, 0.5) is 0 Å². The summed E-state index contributed by atoms with van der Waals surface area (Å²) < 4.78 is 22.4. The number of hydrogen-bond acceptors (Lipinski definition) is 4. The zero-order valence-electron chi connectivity index (χ0n) is 8.31. The minimum absolute atomic E-state index is 0.0144. The summed E-state index contributed by atoms with van der Waals surface area (Å²) in [5, 5.41) is 0. The largest absolute Gasteiger partial charge is 0.335 e. The standard InChI is InChI=1S/C9H13NO4S/c11-8-3-9(12)10(5-8)4-7-1-2-15(13,14)6-7/h7H,1-6H2. The molecule has 6 heteroatoms. The minimum atomic E-state index is -2.89. The Labute approximate surface area is 88.4 Å². The molecule has 0 bridgehead atoms. The molecule has 2 aliphatic heterocycles. The lowest BCUT2D eigenvalue weighted by atomic mass is 10.1. The Balaban J connectivity index is 1.94. The molecule has 0 aliphatic carbocycles. The van der Waals surface area contributed by atoms with E-state index in [0.717, 1.165) is 0 Å². The number of likely N-dealkylation sites (tertiary alicyclic amines) is 1. The van der Waals surface area contributed by atoms with Crippen LogP contribution in [0.5, 0.6) is 0 Å². The van der Waals surface area contributed by atoms with E-state index in [1.54, 1.807) is 0 Å². The van der Waals surface area contributed by atoms with Gasteiger partial charge in [-0.05, 0) is 12.3 Å². The quantitative estimate of drug-likeness (QED) is 0.585. The zero-order chi connectivity index (χ0) is 11.1. The first-order valence-electron chi connectivity index (χ1n) is 4.96. The molecule has 0 aromatic heterocycles. The van der Waals surface area contributed by atoms with E-state index in [-0.39, 0.29) is 42.1 Å². The first-order chi connectivity index (χ1) is 6.96. The van der Waals surface area contributed by atoms with Gasteiger partial charge in [0.05, 0.1) is 24.5 Å². The average Bonchev–Trinajstić information content (AvgIpc) is 2.57. The van der Waals surface area contributed by atoms with Crippen molar-refractivity contribution in [1.82, 2.24) is 4.90 Å². The van der Waals surface area contributed by atoms with Gasteiger partial charge in [0, 0.05) is 6.54 Å². The summed E-state index contributed by atoms with van der Waals surface area (Å²) in [6.07, 6.45) is 0.597. The third kappa shape index (κ3) is 2.37. The molecular weight excluding hydrogens is 218 g/mol. The third-order valence-electron chi connectivity index (χ3n) is 2.87. The molecule has 0 radical (unpaired) electrons. The van der Waals surface area contributed by atoms with Gasteiger partial charge >= 0.3 is 0 Å².